The standard InChI is InChI=1S/C19H28O3/c1-14(2)13-16-9-7-8-12-18(20)21-15(3)19(16)22-17-10-5-4-6-11-17/h4-6,10-11,14-16,19H,7-9,12-13H2,1-3H3. The molecule has 0 aromatic heterocycles. The summed E-state index contributed by atoms with van der Waals surface area (Å²) in [4.78, 5) is 11.8. The monoisotopic (exact) mass is 304 g/mol. The topological polar surface area (TPSA) is 35.5 Å². The number of hydrogen-bond donors (Lipinski definition) is 0. The van der Waals surface area contributed by atoms with Crippen LogP contribution in [0.25, 0.3) is 0 Å². The number of cyclic esters (lactones) is 1. The summed E-state index contributed by atoms with van der Waals surface area (Å²) in [5, 5.41) is 0. The number of para-hydroxylation sites is 1. The second-order valence-electron chi connectivity index (χ2n) is 6.73. The SMILES string of the molecule is CC(C)CC1CCCCC(=O)OC(C)C1Oc1ccccc1. The lowest BCUT2D eigenvalue weighted by atomic mass is 9.85. The number of carbonyl (C=O) groups excluding carboxylic acids is 1. The average molecular weight is 304 g/mol. The van der Waals surface area contributed by atoms with Gasteiger partial charge in [0.25, 0.3) is 0 Å². The highest BCUT2D eigenvalue weighted by molar-refractivity contribution is 5.69. The fourth-order valence-electron chi connectivity index (χ4n) is 3.26. The summed E-state index contributed by atoms with van der Waals surface area (Å²) in [5.41, 5.74) is 0. The Hall–Kier alpha value is -1.51. The predicted octanol–water partition coefficient (Wildman–Crippen LogP) is 4.60. The van der Waals surface area contributed by atoms with E-state index >= 15 is 0 Å². The van der Waals surface area contributed by atoms with Gasteiger partial charge in [0, 0.05) is 6.42 Å². The Labute approximate surface area is 134 Å². The molecule has 1 aliphatic heterocycles. The van der Waals surface area contributed by atoms with Gasteiger partial charge in [0.15, 0.2) is 0 Å². The molecule has 0 amide bonds. The van der Waals surface area contributed by atoms with Crippen molar-refractivity contribution in [3.05, 3.63) is 30.3 Å². The molecule has 22 heavy (non-hydrogen) atoms. The van der Waals surface area contributed by atoms with E-state index < -0.39 is 0 Å². The van der Waals surface area contributed by atoms with Crippen LogP contribution in [0, 0.1) is 11.8 Å². The molecule has 1 fully saturated rings. The molecule has 1 aliphatic rings. The van der Waals surface area contributed by atoms with E-state index in [1.54, 1.807) is 0 Å². The molecule has 0 spiro atoms. The number of ether oxygens (including phenoxy) is 2. The molecule has 0 radical (unpaired) electrons. The molecule has 0 bridgehead atoms. The van der Waals surface area contributed by atoms with Gasteiger partial charge in [-0.3, -0.25) is 4.79 Å². The van der Waals surface area contributed by atoms with Crippen LogP contribution >= 0.6 is 0 Å². The summed E-state index contributed by atoms with van der Waals surface area (Å²) < 4.78 is 11.8. The van der Waals surface area contributed by atoms with Crippen molar-refractivity contribution in [1.82, 2.24) is 0 Å². The molecule has 3 unspecified atom stereocenters. The van der Waals surface area contributed by atoms with Crippen LogP contribution in [0.4, 0.5) is 0 Å². The molecule has 3 nitrogen and oxygen atoms in total. The minimum absolute atomic E-state index is 0.0770. The fourth-order valence-corrected chi connectivity index (χ4v) is 3.26. The number of carbonyl (C=O) groups is 1. The maximum Gasteiger partial charge on any atom is 0.306 e. The van der Waals surface area contributed by atoms with Crippen LogP contribution in [-0.4, -0.2) is 18.2 Å². The Morgan fingerprint density at radius 2 is 1.95 bits per heavy atom. The zero-order chi connectivity index (χ0) is 15.9. The maximum absolute atomic E-state index is 11.8. The first kappa shape index (κ1) is 16.9. The summed E-state index contributed by atoms with van der Waals surface area (Å²) in [6.07, 6.45) is 4.40. The molecule has 1 heterocycles. The number of esters is 1. The highest BCUT2D eigenvalue weighted by Crippen LogP contribution is 2.30. The lowest BCUT2D eigenvalue weighted by molar-refractivity contribution is -0.154. The normalized spacial score (nSPS) is 26.7. The molecule has 0 saturated carbocycles. The van der Waals surface area contributed by atoms with Crippen molar-refractivity contribution >= 4 is 5.97 Å². The van der Waals surface area contributed by atoms with E-state index in [9.17, 15) is 4.79 Å². The van der Waals surface area contributed by atoms with Crippen molar-refractivity contribution in [3.63, 3.8) is 0 Å². The van der Waals surface area contributed by atoms with Crippen LogP contribution in [0.1, 0.15) is 52.9 Å². The molecule has 2 rings (SSSR count). The first-order valence-electron chi connectivity index (χ1n) is 8.47. The van der Waals surface area contributed by atoms with Crippen molar-refractivity contribution in [3.8, 4) is 5.75 Å². The van der Waals surface area contributed by atoms with Gasteiger partial charge in [0.1, 0.15) is 18.0 Å². The average Bonchev–Trinajstić information content (AvgIpc) is 2.53. The van der Waals surface area contributed by atoms with Crippen molar-refractivity contribution in [2.45, 2.75) is 65.1 Å². The van der Waals surface area contributed by atoms with Gasteiger partial charge in [-0.05, 0) is 50.2 Å². The third kappa shape index (κ3) is 5.04. The van der Waals surface area contributed by atoms with Gasteiger partial charge in [-0.1, -0.05) is 38.5 Å². The Kier molecular flexibility index (Phi) is 6.29. The molecule has 3 heteroatoms. The molecule has 0 N–H and O–H groups in total. The predicted molar refractivity (Wildman–Crippen MR) is 87.8 cm³/mol. The van der Waals surface area contributed by atoms with Crippen LogP contribution in [0.5, 0.6) is 5.75 Å². The third-order valence-corrected chi connectivity index (χ3v) is 4.24. The zero-order valence-corrected chi connectivity index (χ0v) is 14.0. The lowest BCUT2D eigenvalue weighted by Crippen LogP contribution is -2.39. The lowest BCUT2D eigenvalue weighted by Gasteiger charge is -2.32. The largest absolute Gasteiger partial charge is 0.486 e. The molecular formula is C19H28O3. The highest BCUT2D eigenvalue weighted by atomic mass is 16.6. The minimum atomic E-state index is -0.213. The van der Waals surface area contributed by atoms with E-state index in [-0.39, 0.29) is 18.2 Å². The summed E-state index contributed by atoms with van der Waals surface area (Å²) in [7, 11) is 0. The van der Waals surface area contributed by atoms with Crippen LogP contribution < -0.4 is 4.74 Å². The van der Waals surface area contributed by atoms with Crippen LogP contribution in [-0.2, 0) is 9.53 Å². The van der Waals surface area contributed by atoms with Crippen molar-refractivity contribution in [2.24, 2.45) is 11.8 Å². The van der Waals surface area contributed by atoms with E-state index in [0.29, 0.717) is 18.3 Å². The fraction of sp³-hybridized carbons (Fsp3) is 0.632. The molecule has 122 valence electrons. The second kappa shape index (κ2) is 8.21. The summed E-state index contributed by atoms with van der Waals surface area (Å²) in [6.45, 7) is 6.44. The maximum atomic E-state index is 11.8. The van der Waals surface area contributed by atoms with E-state index in [2.05, 4.69) is 13.8 Å². The number of rotatable bonds is 4. The highest BCUT2D eigenvalue weighted by Gasteiger charge is 2.32. The van der Waals surface area contributed by atoms with Crippen molar-refractivity contribution < 1.29 is 14.3 Å². The van der Waals surface area contributed by atoms with E-state index in [0.717, 1.165) is 31.4 Å². The zero-order valence-electron chi connectivity index (χ0n) is 14.0. The molecular weight excluding hydrogens is 276 g/mol. The summed E-state index contributed by atoms with van der Waals surface area (Å²) >= 11 is 0. The molecule has 3 atom stereocenters. The second-order valence-corrected chi connectivity index (χ2v) is 6.73. The van der Waals surface area contributed by atoms with Crippen LogP contribution in [0.3, 0.4) is 0 Å². The summed E-state index contributed by atoms with van der Waals surface area (Å²) in [5.74, 6) is 1.78. The van der Waals surface area contributed by atoms with Crippen molar-refractivity contribution in [1.29, 1.82) is 0 Å². The van der Waals surface area contributed by atoms with E-state index in [1.165, 1.54) is 0 Å². The molecule has 1 aromatic carbocycles. The minimum Gasteiger partial charge on any atom is -0.486 e. The van der Waals surface area contributed by atoms with Crippen LogP contribution in [0.2, 0.25) is 0 Å². The van der Waals surface area contributed by atoms with Gasteiger partial charge < -0.3 is 9.47 Å². The van der Waals surface area contributed by atoms with E-state index in [1.807, 2.05) is 37.3 Å². The Morgan fingerprint density at radius 3 is 2.64 bits per heavy atom. The Morgan fingerprint density at radius 1 is 1.23 bits per heavy atom. The van der Waals surface area contributed by atoms with Gasteiger partial charge in [0.05, 0.1) is 0 Å². The third-order valence-electron chi connectivity index (χ3n) is 4.24. The van der Waals surface area contributed by atoms with E-state index in [4.69, 9.17) is 9.47 Å². The van der Waals surface area contributed by atoms with Gasteiger partial charge in [-0.25, -0.2) is 0 Å². The Balaban J connectivity index is 2.18. The first-order chi connectivity index (χ1) is 10.6. The smallest absolute Gasteiger partial charge is 0.306 e. The Bertz CT molecular complexity index is 455. The summed E-state index contributed by atoms with van der Waals surface area (Å²) in [6, 6.07) is 9.85. The number of hydrogen-bond acceptors (Lipinski definition) is 3. The quantitative estimate of drug-likeness (QED) is 0.762. The molecule has 1 saturated heterocycles. The van der Waals surface area contributed by atoms with Crippen LogP contribution in [0.15, 0.2) is 30.3 Å². The van der Waals surface area contributed by atoms with Gasteiger partial charge in [-0.15, -0.1) is 0 Å². The number of benzene rings is 1. The molecule has 0 aliphatic carbocycles. The van der Waals surface area contributed by atoms with Crippen molar-refractivity contribution in [2.75, 3.05) is 0 Å². The van der Waals surface area contributed by atoms with Gasteiger partial charge >= 0.3 is 5.97 Å². The van der Waals surface area contributed by atoms with Gasteiger partial charge in [-0.2, -0.15) is 0 Å². The first-order valence-corrected chi connectivity index (χ1v) is 8.47. The van der Waals surface area contributed by atoms with Gasteiger partial charge in [0.2, 0.25) is 0 Å². The molecule has 1 aromatic rings.